The molecule has 0 radical (unpaired) electrons. The highest BCUT2D eigenvalue weighted by Crippen LogP contribution is 2.24. The van der Waals surface area contributed by atoms with Gasteiger partial charge in [0.15, 0.2) is 0 Å². The summed E-state index contributed by atoms with van der Waals surface area (Å²) >= 11 is 5.20. The summed E-state index contributed by atoms with van der Waals surface area (Å²) in [4.78, 5) is 4.15. The lowest BCUT2D eigenvalue weighted by Gasteiger charge is -2.06. The number of nitrogens with zero attached hydrogens (tertiary/aromatic N) is 1. The molecule has 1 aromatic carbocycles. The molecular formula is C14H11BrN2S. The first-order valence-corrected chi connectivity index (χ1v) is 7.29. The van der Waals surface area contributed by atoms with Gasteiger partial charge in [-0.15, -0.1) is 11.3 Å². The first kappa shape index (κ1) is 11.7. The maximum absolute atomic E-state index is 4.15. The van der Waals surface area contributed by atoms with Crippen LogP contribution in [0.1, 0.15) is 5.56 Å². The summed E-state index contributed by atoms with van der Waals surface area (Å²) in [6.07, 6.45) is 3.67. The van der Waals surface area contributed by atoms with Gasteiger partial charge in [0, 0.05) is 33.8 Å². The number of benzene rings is 1. The number of aromatic nitrogens is 1. The van der Waals surface area contributed by atoms with Gasteiger partial charge in [-0.3, -0.25) is 4.98 Å². The van der Waals surface area contributed by atoms with Gasteiger partial charge in [-0.1, -0.05) is 0 Å². The van der Waals surface area contributed by atoms with E-state index in [1.54, 1.807) is 17.5 Å². The van der Waals surface area contributed by atoms with Crippen LogP contribution in [0.25, 0.3) is 10.1 Å². The summed E-state index contributed by atoms with van der Waals surface area (Å²) in [5, 5.41) is 6.82. The summed E-state index contributed by atoms with van der Waals surface area (Å²) < 4.78 is 2.33. The molecule has 4 heteroatoms. The van der Waals surface area contributed by atoms with Crippen molar-refractivity contribution in [2.75, 3.05) is 5.32 Å². The van der Waals surface area contributed by atoms with Gasteiger partial charge in [0.05, 0.1) is 0 Å². The second-order valence-corrected chi connectivity index (χ2v) is 5.90. The Morgan fingerprint density at radius 1 is 1.17 bits per heavy atom. The Hall–Kier alpha value is -1.39. The van der Waals surface area contributed by atoms with Crippen molar-refractivity contribution in [2.24, 2.45) is 0 Å². The lowest BCUT2D eigenvalue weighted by Crippen LogP contribution is -1.99. The molecule has 1 N–H and O–H groups in total. The molecule has 0 fully saturated rings. The summed E-state index contributed by atoms with van der Waals surface area (Å²) in [5.74, 6) is 0. The van der Waals surface area contributed by atoms with Crippen molar-refractivity contribution in [3.63, 3.8) is 0 Å². The summed E-state index contributed by atoms with van der Waals surface area (Å²) in [6.45, 7) is 0.780. The summed E-state index contributed by atoms with van der Waals surface area (Å²) in [7, 11) is 0. The number of hydrogen-bond acceptors (Lipinski definition) is 3. The maximum Gasteiger partial charge on any atom is 0.0416 e. The van der Waals surface area contributed by atoms with Gasteiger partial charge in [0.1, 0.15) is 0 Å². The minimum Gasteiger partial charge on any atom is -0.381 e. The van der Waals surface area contributed by atoms with E-state index in [4.69, 9.17) is 0 Å². The fourth-order valence-corrected chi connectivity index (χ4v) is 3.02. The SMILES string of the molecule is Brc1cncc(CNc2ccc3sccc3c2)c1. The molecule has 90 valence electrons. The van der Waals surface area contributed by atoms with Gasteiger partial charge in [0.25, 0.3) is 0 Å². The van der Waals surface area contributed by atoms with Crippen LogP contribution in [0.2, 0.25) is 0 Å². The molecule has 0 spiro atoms. The van der Waals surface area contributed by atoms with Gasteiger partial charge in [-0.25, -0.2) is 0 Å². The molecule has 0 saturated heterocycles. The number of rotatable bonds is 3. The van der Waals surface area contributed by atoms with Crippen LogP contribution in [0.3, 0.4) is 0 Å². The Kier molecular flexibility index (Phi) is 3.30. The van der Waals surface area contributed by atoms with Crippen molar-refractivity contribution in [1.82, 2.24) is 4.98 Å². The highest BCUT2D eigenvalue weighted by molar-refractivity contribution is 9.10. The molecule has 0 amide bonds. The van der Waals surface area contributed by atoms with E-state index >= 15 is 0 Å². The fourth-order valence-electron chi connectivity index (χ4n) is 1.83. The van der Waals surface area contributed by atoms with Crippen molar-refractivity contribution in [1.29, 1.82) is 0 Å². The van der Waals surface area contributed by atoms with Crippen molar-refractivity contribution < 1.29 is 0 Å². The fraction of sp³-hybridized carbons (Fsp3) is 0.0714. The number of halogens is 1. The molecule has 0 bridgehead atoms. The Labute approximate surface area is 118 Å². The Morgan fingerprint density at radius 3 is 3.00 bits per heavy atom. The van der Waals surface area contributed by atoms with Crippen LogP contribution in [0.15, 0.2) is 52.6 Å². The number of thiophene rings is 1. The molecule has 3 aromatic rings. The molecule has 2 nitrogen and oxygen atoms in total. The second kappa shape index (κ2) is 5.08. The number of hydrogen-bond donors (Lipinski definition) is 1. The van der Waals surface area contributed by atoms with E-state index in [1.807, 2.05) is 6.20 Å². The number of pyridine rings is 1. The first-order chi connectivity index (χ1) is 8.81. The second-order valence-electron chi connectivity index (χ2n) is 4.04. The standard InChI is InChI=1S/C14H11BrN2S/c15-12-5-10(7-16-9-12)8-17-13-1-2-14-11(6-13)3-4-18-14/h1-7,9,17H,8H2. The predicted molar refractivity (Wildman–Crippen MR) is 81.1 cm³/mol. The third kappa shape index (κ3) is 2.54. The molecule has 2 aromatic heterocycles. The van der Waals surface area contributed by atoms with Crippen LogP contribution < -0.4 is 5.32 Å². The van der Waals surface area contributed by atoms with Crippen molar-refractivity contribution >= 4 is 43.0 Å². The third-order valence-electron chi connectivity index (χ3n) is 2.71. The quantitative estimate of drug-likeness (QED) is 0.759. The van der Waals surface area contributed by atoms with E-state index in [0.717, 1.165) is 22.3 Å². The number of fused-ring (bicyclic) bond motifs is 1. The molecular weight excluding hydrogens is 308 g/mol. The predicted octanol–water partition coefficient (Wildman–Crippen LogP) is 4.67. The normalized spacial score (nSPS) is 10.7. The molecule has 0 aliphatic heterocycles. The molecule has 3 rings (SSSR count). The van der Waals surface area contributed by atoms with Crippen molar-refractivity contribution in [3.05, 3.63) is 58.1 Å². The van der Waals surface area contributed by atoms with Crippen molar-refractivity contribution in [2.45, 2.75) is 6.54 Å². The van der Waals surface area contributed by atoms with Gasteiger partial charge in [0.2, 0.25) is 0 Å². The van der Waals surface area contributed by atoms with E-state index in [-0.39, 0.29) is 0 Å². The van der Waals surface area contributed by atoms with E-state index in [0.29, 0.717) is 0 Å². The van der Waals surface area contributed by atoms with E-state index in [1.165, 1.54) is 10.1 Å². The third-order valence-corrected chi connectivity index (χ3v) is 4.04. The van der Waals surface area contributed by atoms with Gasteiger partial charge < -0.3 is 5.32 Å². The molecule has 0 aliphatic rings. The highest BCUT2D eigenvalue weighted by atomic mass is 79.9. The zero-order valence-corrected chi connectivity index (χ0v) is 12.0. The smallest absolute Gasteiger partial charge is 0.0416 e. The Bertz CT molecular complexity index is 678. The van der Waals surface area contributed by atoms with Gasteiger partial charge in [-0.05, 0) is 62.6 Å². The zero-order valence-electron chi connectivity index (χ0n) is 9.56. The molecule has 0 saturated carbocycles. The lowest BCUT2D eigenvalue weighted by molar-refractivity contribution is 1.11. The van der Waals surface area contributed by atoms with Crippen LogP contribution in [-0.2, 0) is 6.54 Å². The average molecular weight is 319 g/mol. The summed E-state index contributed by atoms with van der Waals surface area (Å²) in [6, 6.07) is 10.7. The highest BCUT2D eigenvalue weighted by Gasteiger charge is 1.98. The first-order valence-electron chi connectivity index (χ1n) is 5.62. The zero-order chi connectivity index (χ0) is 12.4. The van der Waals surface area contributed by atoms with Gasteiger partial charge in [-0.2, -0.15) is 0 Å². The lowest BCUT2D eigenvalue weighted by atomic mass is 10.2. The molecule has 18 heavy (non-hydrogen) atoms. The topological polar surface area (TPSA) is 24.9 Å². The molecule has 2 heterocycles. The minimum absolute atomic E-state index is 0.780. The largest absolute Gasteiger partial charge is 0.381 e. The Balaban J connectivity index is 1.76. The van der Waals surface area contributed by atoms with Crippen LogP contribution in [-0.4, -0.2) is 4.98 Å². The van der Waals surface area contributed by atoms with Crippen LogP contribution in [0.4, 0.5) is 5.69 Å². The van der Waals surface area contributed by atoms with Crippen molar-refractivity contribution in [3.8, 4) is 0 Å². The van der Waals surface area contributed by atoms with E-state index in [2.05, 4.69) is 61.9 Å². The van der Waals surface area contributed by atoms with Crippen LogP contribution >= 0.6 is 27.3 Å². The number of nitrogens with one attached hydrogen (secondary N) is 1. The Morgan fingerprint density at radius 2 is 2.11 bits per heavy atom. The minimum atomic E-state index is 0.780. The monoisotopic (exact) mass is 318 g/mol. The maximum atomic E-state index is 4.15. The molecule has 0 atom stereocenters. The van der Waals surface area contributed by atoms with Gasteiger partial charge >= 0.3 is 0 Å². The van der Waals surface area contributed by atoms with Crippen LogP contribution in [0, 0.1) is 0 Å². The number of anilines is 1. The molecule has 0 unspecified atom stereocenters. The average Bonchev–Trinajstić information content (AvgIpc) is 2.84. The van der Waals surface area contributed by atoms with E-state index in [9.17, 15) is 0 Å². The molecule has 0 aliphatic carbocycles. The van der Waals surface area contributed by atoms with E-state index < -0.39 is 0 Å². The van der Waals surface area contributed by atoms with Crippen LogP contribution in [0.5, 0.6) is 0 Å². The summed E-state index contributed by atoms with van der Waals surface area (Å²) in [5.41, 5.74) is 2.30.